The van der Waals surface area contributed by atoms with Crippen molar-refractivity contribution in [1.29, 1.82) is 0 Å². The van der Waals surface area contributed by atoms with Gasteiger partial charge in [0.25, 0.3) is 11.1 Å². The molecule has 1 aliphatic heterocycles. The lowest BCUT2D eigenvalue weighted by Crippen LogP contribution is -2.29. The molecule has 1 saturated heterocycles. The standard InChI is InChI=1S/C23H17NO7S/c25-16-6-4-14(5-7-16)21(28)18-12-15-10-13(3-8-17(15)31-18)11-19-22(29)24(23(30)32-19)9-1-2-20(26)27/h3-8,10-12,25H,1-2,9H2,(H,26,27)/b19-11+. The van der Waals surface area contributed by atoms with Crippen molar-refractivity contribution in [3.05, 3.63) is 70.3 Å². The summed E-state index contributed by atoms with van der Waals surface area (Å²) < 4.78 is 5.64. The second-order valence-electron chi connectivity index (χ2n) is 7.11. The normalized spacial score (nSPS) is 15.1. The van der Waals surface area contributed by atoms with Gasteiger partial charge in [0.2, 0.25) is 5.78 Å². The van der Waals surface area contributed by atoms with E-state index in [0.717, 1.165) is 16.7 Å². The lowest BCUT2D eigenvalue weighted by atomic mass is 10.1. The van der Waals surface area contributed by atoms with Gasteiger partial charge in [0, 0.05) is 23.9 Å². The topological polar surface area (TPSA) is 125 Å². The molecule has 0 radical (unpaired) electrons. The van der Waals surface area contributed by atoms with E-state index >= 15 is 0 Å². The third-order valence-electron chi connectivity index (χ3n) is 4.84. The van der Waals surface area contributed by atoms with Crippen LogP contribution in [0.1, 0.15) is 34.5 Å². The summed E-state index contributed by atoms with van der Waals surface area (Å²) >= 11 is 0.803. The van der Waals surface area contributed by atoms with Crippen LogP contribution >= 0.6 is 11.8 Å². The average Bonchev–Trinajstić information content (AvgIpc) is 3.29. The van der Waals surface area contributed by atoms with Crippen molar-refractivity contribution in [3.8, 4) is 5.75 Å². The maximum absolute atomic E-state index is 12.6. The van der Waals surface area contributed by atoms with Crippen LogP contribution in [0, 0.1) is 0 Å². The van der Waals surface area contributed by atoms with Crippen LogP contribution in [0.15, 0.2) is 57.9 Å². The number of aliphatic carboxylic acids is 1. The summed E-state index contributed by atoms with van der Waals surface area (Å²) in [6.07, 6.45) is 1.65. The van der Waals surface area contributed by atoms with Crippen molar-refractivity contribution in [3.63, 3.8) is 0 Å². The zero-order chi connectivity index (χ0) is 22.8. The number of rotatable bonds is 7. The summed E-state index contributed by atoms with van der Waals surface area (Å²) in [5.41, 5.74) is 1.52. The largest absolute Gasteiger partial charge is 0.508 e. The first-order valence-electron chi connectivity index (χ1n) is 9.66. The zero-order valence-corrected chi connectivity index (χ0v) is 17.4. The highest BCUT2D eigenvalue weighted by Crippen LogP contribution is 2.33. The molecule has 2 N–H and O–H groups in total. The van der Waals surface area contributed by atoms with E-state index in [9.17, 15) is 24.3 Å². The highest BCUT2D eigenvalue weighted by molar-refractivity contribution is 8.18. The lowest BCUT2D eigenvalue weighted by Gasteiger charge is -2.10. The molecule has 0 aliphatic carbocycles. The Morgan fingerprint density at radius 3 is 2.53 bits per heavy atom. The molecule has 0 spiro atoms. The molecule has 1 fully saturated rings. The summed E-state index contributed by atoms with van der Waals surface area (Å²) in [5.74, 6) is -1.57. The fourth-order valence-corrected chi connectivity index (χ4v) is 4.12. The third kappa shape index (κ3) is 4.42. The van der Waals surface area contributed by atoms with Crippen molar-refractivity contribution in [1.82, 2.24) is 4.90 Å². The number of carbonyl (C=O) groups is 4. The number of furan rings is 1. The summed E-state index contributed by atoms with van der Waals surface area (Å²) in [5, 5.41) is 18.3. The minimum atomic E-state index is -0.982. The van der Waals surface area contributed by atoms with Crippen LogP contribution in [0.3, 0.4) is 0 Å². The summed E-state index contributed by atoms with van der Waals surface area (Å²) in [7, 11) is 0. The zero-order valence-electron chi connectivity index (χ0n) is 16.6. The number of carboxylic acids is 1. The number of carbonyl (C=O) groups excluding carboxylic acids is 3. The Balaban J connectivity index is 1.54. The molecule has 0 bridgehead atoms. The van der Waals surface area contributed by atoms with Gasteiger partial charge in [-0.2, -0.15) is 0 Å². The van der Waals surface area contributed by atoms with Gasteiger partial charge in [-0.15, -0.1) is 0 Å². The number of hydrogen-bond donors (Lipinski definition) is 2. The van der Waals surface area contributed by atoms with E-state index in [-0.39, 0.29) is 41.6 Å². The third-order valence-corrected chi connectivity index (χ3v) is 5.74. The Bertz CT molecular complexity index is 1270. The van der Waals surface area contributed by atoms with Crippen LogP contribution in [0.4, 0.5) is 4.79 Å². The fraction of sp³-hybridized carbons (Fsp3) is 0.130. The number of benzene rings is 2. The van der Waals surface area contributed by atoms with Gasteiger partial charge in [-0.05, 0) is 72.3 Å². The van der Waals surface area contributed by atoms with E-state index in [2.05, 4.69) is 0 Å². The molecule has 9 heteroatoms. The quantitative estimate of drug-likeness (QED) is 0.403. The summed E-state index contributed by atoms with van der Waals surface area (Å²) in [6.45, 7) is 0.0534. The number of carboxylic acid groups (broad SMARTS) is 1. The van der Waals surface area contributed by atoms with Crippen LogP contribution in [0.2, 0.25) is 0 Å². The molecule has 1 aliphatic rings. The number of nitrogens with zero attached hydrogens (tertiary/aromatic N) is 1. The predicted octanol–water partition coefficient (Wildman–Crippen LogP) is 4.27. The Hall–Kier alpha value is -3.85. The number of ketones is 1. The SMILES string of the molecule is O=C(O)CCCN1C(=O)S/C(=C/c2ccc3oc(C(=O)c4ccc(O)cc4)cc3c2)C1=O. The van der Waals surface area contributed by atoms with Crippen molar-refractivity contribution >= 4 is 51.7 Å². The molecular weight excluding hydrogens is 434 g/mol. The van der Waals surface area contributed by atoms with E-state index in [0.29, 0.717) is 22.1 Å². The van der Waals surface area contributed by atoms with E-state index in [1.807, 2.05) is 0 Å². The van der Waals surface area contributed by atoms with Crippen LogP contribution in [0.25, 0.3) is 17.0 Å². The van der Waals surface area contributed by atoms with Gasteiger partial charge < -0.3 is 14.6 Å². The predicted molar refractivity (Wildman–Crippen MR) is 117 cm³/mol. The van der Waals surface area contributed by atoms with Gasteiger partial charge in [-0.1, -0.05) is 6.07 Å². The number of hydrogen-bond acceptors (Lipinski definition) is 7. The molecule has 4 rings (SSSR count). The fourth-order valence-electron chi connectivity index (χ4n) is 3.25. The van der Waals surface area contributed by atoms with Gasteiger partial charge in [-0.25, -0.2) is 0 Å². The second kappa shape index (κ2) is 8.72. The number of phenols is 1. The van der Waals surface area contributed by atoms with E-state index < -0.39 is 17.1 Å². The highest BCUT2D eigenvalue weighted by Gasteiger charge is 2.34. The van der Waals surface area contributed by atoms with Crippen molar-refractivity contribution in [2.45, 2.75) is 12.8 Å². The molecule has 2 amide bonds. The molecule has 2 heterocycles. The highest BCUT2D eigenvalue weighted by atomic mass is 32.2. The van der Waals surface area contributed by atoms with Crippen molar-refractivity contribution in [2.75, 3.05) is 6.54 Å². The van der Waals surface area contributed by atoms with Crippen LogP contribution in [-0.2, 0) is 9.59 Å². The Morgan fingerprint density at radius 1 is 1.06 bits per heavy atom. The van der Waals surface area contributed by atoms with Crippen LogP contribution in [-0.4, -0.2) is 44.6 Å². The molecule has 3 aromatic rings. The number of aromatic hydroxyl groups is 1. The molecular formula is C23H17NO7S. The number of thioether (sulfide) groups is 1. The molecule has 0 atom stereocenters. The van der Waals surface area contributed by atoms with Gasteiger partial charge in [0.05, 0.1) is 4.91 Å². The van der Waals surface area contributed by atoms with E-state index in [1.54, 1.807) is 30.3 Å². The minimum Gasteiger partial charge on any atom is -0.508 e. The smallest absolute Gasteiger partial charge is 0.303 e. The summed E-state index contributed by atoms with van der Waals surface area (Å²) in [6, 6.07) is 12.6. The first kappa shape index (κ1) is 21.4. The van der Waals surface area contributed by atoms with Crippen molar-refractivity contribution < 1.29 is 33.8 Å². The van der Waals surface area contributed by atoms with Gasteiger partial charge in [0.15, 0.2) is 5.76 Å². The van der Waals surface area contributed by atoms with Gasteiger partial charge in [0.1, 0.15) is 11.3 Å². The van der Waals surface area contributed by atoms with Crippen LogP contribution in [0.5, 0.6) is 5.75 Å². The molecule has 32 heavy (non-hydrogen) atoms. The monoisotopic (exact) mass is 451 g/mol. The maximum Gasteiger partial charge on any atom is 0.303 e. The van der Waals surface area contributed by atoms with E-state index in [4.69, 9.17) is 9.52 Å². The molecule has 0 saturated carbocycles. The molecule has 1 aromatic heterocycles. The van der Waals surface area contributed by atoms with E-state index in [1.165, 1.54) is 24.3 Å². The second-order valence-corrected chi connectivity index (χ2v) is 8.11. The van der Waals surface area contributed by atoms with Gasteiger partial charge in [-0.3, -0.25) is 24.1 Å². The van der Waals surface area contributed by atoms with Gasteiger partial charge >= 0.3 is 5.97 Å². The Morgan fingerprint density at radius 2 is 1.81 bits per heavy atom. The minimum absolute atomic E-state index is 0.0534. The molecule has 0 unspecified atom stereocenters. The molecule has 8 nitrogen and oxygen atoms in total. The molecule has 162 valence electrons. The van der Waals surface area contributed by atoms with Crippen molar-refractivity contribution in [2.24, 2.45) is 0 Å². The first-order chi connectivity index (χ1) is 15.3. The Kier molecular flexibility index (Phi) is 5.83. The Labute approximate surface area is 186 Å². The number of fused-ring (bicyclic) bond motifs is 1. The van der Waals surface area contributed by atoms with Crippen LogP contribution < -0.4 is 0 Å². The maximum atomic E-state index is 12.6. The average molecular weight is 451 g/mol. The lowest BCUT2D eigenvalue weighted by molar-refractivity contribution is -0.137. The number of amides is 2. The molecule has 2 aromatic carbocycles. The number of imide groups is 1. The first-order valence-corrected chi connectivity index (χ1v) is 10.5. The number of phenolic OH excluding ortho intramolecular Hbond substituents is 1. The summed E-state index contributed by atoms with van der Waals surface area (Å²) in [4.78, 5) is 49.2.